The molecule has 274 valence electrons. The van der Waals surface area contributed by atoms with Crippen LogP contribution in [0.25, 0.3) is 0 Å². The first-order valence-electron chi connectivity index (χ1n) is 15.6. The monoisotopic (exact) mass is 767 g/mol. The van der Waals surface area contributed by atoms with Gasteiger partial charge in [-0.3, -0.25) is 19.3 Å². The second-order valence-electron chi connectivity index (χ2n) is 12.5. The van der Waals surface area contributed by atoms with Crippen LogP contribution < -0.4 is 16.4 Å². The first-order chi connectivity index (χ1) is 24.1. The van der Waals surface area contributed by atoms with Crippen LogP contribution in [0.2, 0.25) is 5.02 Å². The van der Waals surface area contributed by atoms with Gasteiger partial charge in [0.25, 0.3) is 17.7 Å². The molecule has 1 aromatic carbocycles. The molecular weight excluding hydrogens is 732 g/mol. The fourth-order valence-corrected chi connectivity index (χ4v) is 7.93. The number of carbonyl (C=O) groups is 5. The van der Waals surface area contributed by atoms with Crippen molar-refractivity contribution in [2.75, 3.05) is 51.3 Å². The molecule has 2 atom stereocenters. The molecule has 0 radical (unpaired) electrons. The third kappa shape index (κ3) is 7.67. The van der Waals surface area contributed by atoms with Crippen molar-refractivity contribution < 1.29 is 53.3 Å². The van der Waals surface area contributed by atoms with Crippen LogP contribution in [-0.2, 0) is 28.8 Å². The number of hydrogen-bond acceptors (Lipinski definition) is 15. The van der Waals surface area contributed by atoms with Crippen molar-refractivity contribution in [2.45, 2.75) is 43.7 Å². The molecule has 21 heteroatoms. The maximum Gasteiger partial charge on any atom is 0.355 e. The second-order valence-corrected chi connectivity index (χ2v) is 14.8. The number of carbonyl (C=O) groups excluding carboxylic acids is 4. The van der Waals surface area contributed by atoms with Gasteiger partial charge in [0, 0.05) is 35.7 Å². The average molecular weight is 768 g/mol. The highest BCUT2D eigenvalue weighted by atomic mass is 35.5. The van der Waals surface area contributed by atoms with Crippen molar-refractivity contribution in [1.82, 2.24) is 24.9 Å². The van der Waals surface area contributed by atoms with Crippen molar-refractivity contribution in [2.24, 2.45) is 5.16 Å². The molecule has 18 nitrogen and oxygen atoms in total. The van der Waals surface area contributed by atoms with Crippen LogP contribution in [0.5, 0.6) is 11.5 Å². The number of aromatic hydroxyl groups is 2. The van der Waals surface area contributed by atoms with E-state index in [9.17, 15) is 39.3 Å². The average Bonchev–Trinajstić information content (AvgIpc) is 3.74. The summed E-state index contributed by atoms with van der Waals surface area (Å²) in [6, 6.07) is 1.39. The summed E-state index contributed by atoms with van der Waals surface area (Å²) in [5.74, 6) is -5.02. The van der Waals surface area contributed by atoms with E-state index in [0.29, 0.717) is 28.9 Å². The van der Waals surface area contributed by atoms with E-state index in [1.807, 2.05) is 0 Å². The Labute approximate surface area is 304 Å². The number of aliphatic carboxylic acids is 1. The molecule has 0 bridgehead atoms. The first-order valence-corrected chi connectivity index (χ1v) is 17.8. The maximum absolute atomic E-state index is 13.6. The van der Waals surface area contributed by atoms with Gasteiger partial charge in [-0.05, 0) is 26.0 Å². The normalized spacial score (nSPS) is 20.0. The SMILES string of the molecule is COC(=O)C1=C(C[N+]2(CCNC(=O)c3ccc(O)c(O)c3Cl)CCCC2)CSC2C(NC(=O)/C(=N\OC(C)(C)C(=O)O)c3nsc(N)n3)C(=O)N12. The number of ether oxygens (including phenoxy) is 1. The Morgan fingerprint density at radius 3 is 2.55 bits per heavy atom. The summed E-state index contributed by atoms with van der Waals surface area (Å²) >= 11 is 8.17. The Morgan fingerprint density at radius 1 is 1.22 bits per heavy atom. The van der Waals surface area contributed by atoms with Crippen LogP contribution in [-0.4, -0.2) is 132 Å². The Balaban J connectivity index is 1.32. The molecule has 2 saturated heterocycles. The van der Waals surface area contributed by atoms with Crippen molar-refractivity contribution >= 4 is 75.4 Å². The number of anilines is 1. The number of methoxy groups -OCH3 is 1. The van der Waals surface area contributed by atoms with E-state index < -0.39 is 63.9 Å². The molecule has 2 unspecified atom stereocenters. The van der Waals surface area contributed by atoms with Gasteiger partial charge >= 0.3 is 11.9 Å². The highest BCUT2D eigenvalue weighted by Crippen LogP contribution is 2.42. The molecule has 1 aromatic heterocycles. The minimum absolute atomic E-state index is 0.00489. The zero-order valence-corrected chi connectivity index (χ0v) is 30.1. The van der Waals surface area contributed by atoms with Gasteiger partial charge in [-0.15, -0.1) is 11.8 Å². The lowest BCUT2D eigenvalue weighted by Gasteiger charge is -2.50. The summed E-state index contributed by atoms with van der Waals surface area (Å²) in [5.41, 5.74) is 4.15. The number of halogens is 1. The van der Waals surface area contributed by atoms with Gasteiger partial charge in [-0.2, -0.15) is 9.36 Å². The number of nitrogens with one attached hydrogen (secondary N) is 2. The van der Waals surface area contributed by atoms with E-state index in [1.54, 1.807) is 0 Å². The lowest BCUT2D eigenvalue weighted by Crippen LogP contribution is -2.71. The van der Waals surface area contributed by atoms with E-state index in [2.05, 4.69) is 25.1 Å². The zero-order chi connectivity index (χ0) is 37.2. The van der Waals surface area contributed by atoms with Crippen LogP contribution in [0, 0.1) is 0 Å². The van der Waals surface area contributed by atoms with E-state index in [1.165, 1.54) is 49.8 Å². The van der Waals surface area contributed by atoms with Crippen molar-refractivity contribution in [1.29, 1.82) is 0 Å². The van der Waals surface area contributed by atoms with Gasteiger partial charge < -0.3 is 45.7 Å². The molecule has 0 aliphatic carbocycles. The number of amides is 3. The highest BCUT2D eigenvalue weighted by Gasteiger charge is 2.55. The van der Waals surface area contributed by atoms with Gasteiger partial charge in [0.1, 0.15) is 23.7 Å². The number of fused-ring (bicyclic) bond motifs is 1. The number of thioether (sulfide) groups is 1. The maximum atomic E-state index is 13.6. The molecule has 2 fully saturated rings. The van der Waals surface area contributed by atoms with Crippen LogP contribution in [0.1, 0.15) is 42.9 Å². The number of rotatable bonds is 13. The van der Waals surface area contributed by atoms with Crippen molar-refractivity contribution in [3.63, 3.8) is 0 Å². The molecule has 4 heterocycles. The first kappa shape index (κ1) is 37.6. The smallest absolute Gasteiger partial charge is 0.355 e. The van der Waals surface area contributed by atoms with Crippen LogP contribution in [0.4, 0.5) is 5.13 Å². The van der Waals surface area contributed by atoms with Crippen LogP contribution in [0.3, 0.4) is 0 Å². The number of hydrogen-bond donors (Lipinski definition) is 6. The minimum atomic E-state index is -1.81. The number of carboxylic acid groups (broad SMARTS) is 1. The highest BCUT2D eigenvalue weighted by molar-refractivity contribution is 8.00. The number of oxime groups is 1. The summed E-state index contributed by atoms with van der Waals surface area (Å²) < 4.78 is 9.59. The molecule has 0 spiro atoms. The summed E-state index contributed by atoms with van der Waals surface area (Å²) in [5, 5.41) is 37.1. The number of carboxylic acids is 1. The Morgan fingerprint density at radius 2 is 1.92 bits per heavy atom. The van der Waals surface area contributed by atoms with Crippen LogP contribution in [0.15, 0.2) is 28.6 Å². The minimum Gasteiger partial charge on any atom is -0.504 e. The summed E-state index contributed by atoms with van der Waals surface area (Å²) in [7, 11) is 1.21. The van der Waals surface area contributed by atoms with Crippen LogP contribution >= 0.6 is 34.9 Å². The van der Waals surface area contributed by atoms with Gasteiger partial charge in [-0.1, -0.05) is 16.8 Å². The van der Waals surface area contributed by atoms with E-state index >= 15 is 0 Å². The number of β-lactam (4-membered cyclic amide) rings is 1. The molecule has 0 saturated carbocycles. The third-order valence-electron chi connectivity index (χ3n) is 8.71. The van der Waals surface area contributed by atoms with E-state index in [4.69, 9.17) is 26.9 Å². The quantitative estimate of drug-likeness (QED) is 0.0409. The number of phenols is 2. The van der Waals surface area contributed by atoms with E-state index in [-0.39, 0.29) is 33.8 Å². The van der Waals surface area contributed by atoms with Gasteiger partial charge in [0.2, 0.25) is 17.1 Å². The lowest BCUT2D eigenvalue weighted by atomic mass is 10.0. The number of aromatic nitrogens is 2. The molecule has 7 N–H and O–H groups in total. The standard InChI is InChI=1S/C30H35ClN8O10S2/c1-30(2,28(46)47)49-36-18(22-35-29(32)51-37-22)24(43)34-19-25(44)38-20(27(45)48-3)14(13-50-26(19)38)12-39(9-4-5-10-39)11-8-33-23(42)15-6-7-16(40)21(41)17(15)31/h6-7,19,26H,4-5,8-13H2,1-3H3,(H6-,32,33,34,35,36,37,40,41,42,43,46,47)/p+1. The van der Waals surface area contributed by atoms with Crippen molar-refractivity contribution in [3.8, 4) is 11.5 Å². The van der Waals surface area contributed by atoms with Gasteiger partial charge in [0.05, 0.1) is 43.9 Å². The molecule has 3 amide bonds. The Hall–Kier alpha value is -4.66. The number of esters is 1. The summed E-state index contributed by atoms with van der Waals surface area (Å²) in [6.07, 6.45) is 1.82. The summed E-state index contributed by atoms with van der Waals surface area (Å²) in [6.45, 7) is 5.09. The Bertz CT molecular complexity index is 1830. The topological polar surface area (TPSA) is 256 Å². The number of likely N-dealkylation sites (tertiary alicyclic amines) is 1. The molecular formula is C30H36ClN8O10S2+. The number of phenolic OH excluding ortho intramolecular Hbond substituents is 2. The van der Waals surface area contributed by atoms with Gasteiger partial charge in [0.15, 0.2) is 16.6 Å². The zero-order valence-electron chi connectivity index (χ0n) is 27.7. The molecule has 51 heavy (non-hydrogen) atoms. The number of nitrogens with zero attached hydrogens (tertiary/aromatic N) is 5. The molecule has 3 aliphatic rings. The van der Waals surface area contributed by atoms with Gasteiger partial charge in [-0.25, -0.2) is 9.59 Å². The third-order valence-corrected chi connectivity index (χ3v) is 11.0. The molecule has 3 aliphatic heterocycles. The van der Waals surface area contributed by atoms with E-state index in [0.717, 1.165) is 37.5 Å². The molecule has 5 rings (SSSR count). The van der Waals surface area contributed by atoms with Crippen molar-refractivity contribution in [3.05, 3.63) is 39.8 Å². The lowest BCUT2D eigenvalue weighted by molar-refractivity contribution is -0.911. The predicted octanol–water partition coefficient (Wildman–Crippen LogP) is 0.636. The second kappa shape index (κ2) is 14.9. The molecule has 2 aromatic rings. The number of benzene rings is 1. The fourth-order valence-electron chi connectivity index (χ4n) is 5.92. The number of nitrogens with two attached hydrogens (primary N) is 1. The largest absolute Gasteiger partial charge is 0.504 e. The number of nitrogen functional groups attached to an aromatic ring is 1. The Kier molecular flexibility index (Phi) is 11.0. The fraction of sp³-hybridized carbons (Fsp3) is 0.467. The summed E-state index contributed by atoms with van der Waals surface area (Å²) in [4.78, 5) is 75.0. The predicted molar refractivity (Wildman–Crippen MR) is 184 cm³/mol. The number of quaternary nitrogens is 1.